The topological polar surface area (TPSA) is 117 Å². The lowest BCUT2D eigenvalue weighted by molar-refractivity contribution is -0.0440. The van der Waals surface area contributed by atoms with Crippen molar-refractivity contribution in [2.45, 2.75) is 50.8 Å². The molecule has 31 heavy (non-hydrogen) atoms. The van der Waals surface area contributed by atoms with Crippen LogP contribution < -0.4 is 5.32 Å². The molecule has 2 heterocycles. The molecular formula is C20H24ClN5O4S. The number of nitriles is 1. The van der Waals surface area contributed by atoms with E-state index < -0.39 is 15.9 Å². The molecular weight excluding hydrogens is 442 g/mol. The quantitative estimate of drug-likeness (QED) is 0.700. The minimum Gasteiger partial charge on any atom is -0.373 e. The molecule has 1 amide bonds. The van der Waals surface area contributed by atoms with E-state index in [4.69, 9.17) is 21.6 Å². The Morgan fingerprint density at radius 3 is 2.65 bits per heavy atom. The van der Waals surface area contributed by atoms with Gasteiger partial charge in [0.25, 0.3) is 5.91 Å². The number of carbonyl (C=O) groups is 1. The van der Waals surface area contributed by atoms with Gasteiger partial charge in [-0.2, -0.15) is 14.7 Å². The standard InChI is InChI=1S/C20H24ClN5O4S/c1-13-9-19(26(24-13)8-4-7-22)23-20(27)16-5-6-17(21)18(10-16)31(28,29)25-11-14(2)30-15(3)12-25/h5-6,9-10,14-15H,4,8,11-12H2,1-3H3,(H,23,27). The number of amides is 1. The molecule has 11 heteroatoms. The van der Waals surface area contributed by atoms with Crippen LogP contribution in [0.25, 0.3) is 0 Å². The van der Waals surface area contributed by atoms with E-state index in [9.17, 15) is 13.2 Å². The second-order valence-corrected chi connectivity index (χ2v) is 9.79. The number of benzene rings is 1. The first-order chi connectivity index (χ1) is 14.6. The Labute approximate surface area is 186 Å². The Hall–Kier alpha value is -2.45. The SMILES string of the molecule is Cc1cc(NC(=O)c2ccc(Cl)c(S(=O)(=O)N3CC(C)OC(C)C3)c2)n(CCC#N)n1. The van der Waals surface area contributed by atoms with Gasteiger partial charge in [-0.3, -0.25) is 4.79 Å². The Morgan fingerprint density at radius 1 is 1.32 bits per heavy atom. The van der Waals surface area contributed by atoms with Crippen molar-refractivity contribution in [2.75, 3.05) is 18.4 Å². The van der Waals surface area contributed by atoms with E-state index in [-0.39, 0.29) is 47.2 Å². The van der Waals surface area contributed by atoms with Gasteiger partial charge in [-0.25, -0.2) is 13.1 Å². The fourth-order valence-electron chi connectivity index (χ4n) is 3.47. The van der Waals surface area contributed by atoms with E-state index >= 15 is 0 Å². The normalized spacial score (nSPS) is 19.7. The highest BCUT2D eigenvalue weighted by Gasteiger charge is 2.34. The van der Waals surface area contributed by atoms with Gasteiger partial charge in [0.2, 0.25) is 10.0 Å². The van der Waals surface area contributed by atoms with Crippen molar-refractivity contribution in [1.82, 2.24) is 14.1 Å². The van der Waals surface area contributed by atoms with E-state index in [2.05, 4.69) is 10.4 Å². The number of hydrogen-bond donors (Lipinski definition) is 1. The fourth-order valence-corrected chi connectivity index (χ4v) is 5.56. The summed E-state index contributed by atoms with van der Waals surface area (Å²) in [4.78, 5) is 12.7. The molecule has 0 aliphatic carbocycles. The summed E-state index contributed by atoms with van der Waals surface area (Å²) in [5.74, 6) is -0.0807. The number of nitrogens with one attached hydrogen (secondary N) is 1. The van der Waals surface area contributed by atoms with Crippen molar-refractivity contribution in [3.63, 3.8) is 0 Å². The van der Waals surface area contributed by atoms with Crippen molar-refractivity contribution >= 4 is 33.3 Å². The van der Waals surface area contributed by atoms with Crippen LogP contribution in [-0.2, 0) is 21.3 Å². The molecule has 1 aromatic heterocycles. The van der Waals surface area contributed by atoms with Crippen LogP contribution in [0.3, 0.4) is 0 Å². The highest BCUT2D eigenvalue weighted by atomic mass is 35.5. The zero-order valence-corrected chi connectivity index (χ0v) is 19.1. The zero-order valence-electron chi connectivity index (χ0n) is 17.5. The van der Waals surface area contributed by atoms with Crippen LogP contribution in [0.2, 0.25) is 5.02 Å². The molecule has 0 bridgehead atoms. The van der Waals surface area contributed by atoms with Crippen molar-refractivity contribution in [2.24, 2.45) is 0 Å². The molecule has 2 atom stereocenters. The van der Waals surface area contributed by atoms with Gasteiger partial charge in [0.15, 0.2) is 0 Å². The number of aryl methyl sites for hydroxylation is 2. The molecule has 1 N–H and O–H groups in total. The van der Waals surface area contributed by atoms with Gasteiger partial charge in [0.1, 0.15) is 10.7 Å². The summed E-state index contributed by atoms with van der Waals surface area (Å²) in [6, 6.07) is 7.86. The van der Waals surface area contributed by atoms with Crippen LogP contribution in [-0.4, -0.2) is 53.7 Å². The Balaban J connectivity index is 1.87. The lowest BCUT2D eigenvalue weighted by Crippen LogP contribution is -2.48. The van der Waals surface area contributed by atoms with E-state index in [0.29, 0.717) is 18.1 Å². The van der Waals surface area contributed by atoms with Gasteiger partial charge in [0, 0.05) is 24.7 Å². The van der Waals surface area contributed by atoms with Crippen molar-refractivity contribution < 1.29 is 17.9 Å². The van der Waals surface area contributed by atoms with E-state index in [1.54, 1.807) is 26.8 Å². The lowest BCUT2D eigenvalue weighted by atomic mass is 10.2. The highest BCUT2D eigenvalue weighted by Crippen LogP contribution is 2.28. The highest BCUT2D eigenvalue weighted by molar-refractivity contribution is 7.89. The van der Waals surface area contributed by atoms with Crippen LogP contribution in [0.15, 0.2) is 29.2 Å². The third-order valence-electron chi connectivity index (χ3n) is 4.78. The van der Waals surface area contributed by atoms with Crippen molar-refractivity contribution in [3.8, 4) is 6.07 Å². The third-order valence-corrected chi connectivity index (χ3v) is 7.09. The molecule has 0 radical (unpaired) electrons. The minimum absolute atomic E-state index is 0.0401. The maximum absolute atomic E-state index is 13.2. The summed E-state index contributed by atoms with van der Waals surface area (Å²) < 4.78 is 34.9. The second kappa shape index (κ2) is 9.36. The smallest absolute Gasteiger partial charge is 0.256 e. The summed E-state index contributed by atoms with van der Waals surface area (Å²) in [6.45, 7) is 6.12. The van der Waals surface area contributed by atoms with Gasteiger partial charge in [-0.1, -0.05) is 11.6 Å². The maximum atomic E-state index is 13.2. The Bertz CT molecular complexity index is 1120. The van der Waals surface area contributed by atoms with Gasteiger partial charge in [-0.05, 0) is 39.0 Å². The minimum atomic E-state index is -3.92. The van der Waals surface area contributed by atoms with Crippen LogP contribution in [0, 0.1) is 18.3 Å². The molecule has 1 aromatic carbocycles. The van der Waals surface area contributed by atoms with Gasteiger partial charge in [0.05, 0.1) is 42.0 Å². The summed E-state index contributed by atoms with van der Waals surface area (Å²) in [5, 5.41) is 15.8. The first-order valence-electron chi connectivity index (χ1n) is 9.79. The number of anilines is 1. The number of carbonyl (C=O) groups excluding carboxylic acids is 1. The largest absolute Gasteiger partial charge is 0.373 e. The maximum Gasteiger partial charge on any atom is 0.256 e. The van der Waals surface area contributed by atoms with Crippen molar-refractivity contribution in [1.29, 1.82) is 5.26 Å². The van der Waals surface area contributed by atoms with E-state index in [1.165, 1.54) is 27.2 Å². The predicted molar refractivity (Wildman–Crippen MR) is 115 cm³/mol. The predicted octanol–water partition coefficient (Wildman–Crippen LogP) is 2.81. The molecule has 166 valence electrons. The average molecular weight is 466 g/mol. The Morgan fingerprint density at radius 2 is 2.00 bits per heavy atom. The lowest BCUT2D eigenvalue weighted by Gasteiger charge is -2.34. The van der Waals surface area contributed by atoms with Crippen LogP contribution in [0.4, 0.5) is 5.82 Å². The first-order valence-corrected chi connectivity index (χ1v) is 11.6. The molecule has 2 unspecified atom stereocenters. The Kier molecular flexibility index (Phi) is 7.01. The van der Waals surface area contributed by atoms with Crippen LogP contribution >= 0.6 is 11.6 Å². The molecule has 1 aliphatic rings. The molecule has 3 rings (SSSR count). The number of rotatable bonds is 6. The third kappa shape index (κ3) is 5.25. The summed E-state index contributed by atoms with van der Waals surface area (Å²) in [5.41, 5.74) is 0.825. The van der Waals surface area contributed by atoms with E-state index in [0.717, 1.165) is 0 Å². The molecule has 1 aliphatic heterocycles. The summed E-state index contributed by atoms with van der Waals surface area (Å²) in [6.07, 6.45) is -0.259. The number of nitrogens with zero attached hydrogens (tertiary/aromatic N) is 4. The molecule has 0 saturated carbocycles. The van der Waals surface area contributed by atoms with Crippen molar-refractivity contribution in [3.05, 3.63) is 40.5 Å². The molecule has 9 nitrogen and oxygen atoms in total. The number of sulfonamides is 1. The van der Waals surface area contributed by atoms with E-state index in [1.807, 2.05) is 6.07 Å². The number of ether oxygens (including phenoxy) is 1. The number of halogens is 1. The summed E-state index contributed by atoms with van der Waals surface area (Å²) >= 11 is 6.21. The molecule has 1 saturated heterocycles. The molecule has 0 spiro atoms. The van der Waals surface area contributed by atoms with Gasteiger partial charge >= 0.3 is 0 Å². The first kappa shape index (κ1) is 23.2. The van der Waals surface area contributed by atoms with Gasteiger partial charge < -0.3 is 10.1 Å². The zero-order chi connectivity index (χ0) is 22.8. The van der Waals surface area contributed by atoms with Crippen LogP contribution in [0.5, 0.6) is 0 Å². The fraction of sp³-hybridized carbons (Fsp3) is 0.450. The number of hydrogen-bond acceptors (Lipinski definition) is 6. The monoisotopic (exact) mass is 465 g/mol. The summed E-state index contributed by atoms with van der Waals surface area (Å²) in [7, 11) is -3.92. The second-order valence-electron chi connectivity index (χ2n) is 7.48. The average Bonchev–Trinajstić information content (AvgIpc) is 3.04. The van der Waals surface area contributed by atoms with Gasteiger partial charge in [-0.15, -0.1) is 0 Å². The molecule has 1 fully saturated rings. The number of morpholine rings is 1. The van der Waals surface area contributed by atoms with Crippen LogP contribution in [0.1, 0.15) is 36.3 Å². The number of aromatic nitrogens is 2. The molecule has 2 aromatic rings.